The fourth-order valence-electron chi connectivity index (χ4n) is 2.10. The van der Waals surface area contributed by atoms with E-state index in [1.54, 1.807) is 0 Å². The summed E-state index contributed by atoms with van der Waals surface area (Å²) in [5.41, 5.74) is 3.31. The van der Waals surface area contributed by atoms with E-state index in [-0.39, 0.29) is 6.04 Å². The first kappa shape index (κ1) is 13.1. The van der Waals surface area contributed by atoms with Crippen molar-refractivity contribution in [3.63, 3.8) is 0 Å². The van der Waals surface area contributed by atoms with Gasteiger partial charge in [-0.15, -0.1) is 0 Å². The molecule has 0 bridgehead atoms. The van der Waals surface area contributed by atoms with Gasteiger partial charge >= 0.3 is 0 Å². The second-order valence-electron chi connectivity index (χ2n) is 4.36. The van der Waals surface area contributed by atoms with E-state index in [1.165, 1.54) is 5.56 Å². The third-order valence-corrected chi connectivity index (χ3v) is 3.47. The Morgan fingerprint density at radius 1 is 1.39 bits per heavy atom. The quantitative estimate of drug-likeness (QED) is 0.919. The number of aromatic nitrogens is 2. The summed E-state index contributed by atoms with van der Waals surface area (Å²) in [4.78, 5) is 0. The first-order chi connectivity index (χ1) is 8.63. The van der Waals surface area contributed by atoms with Crippen LogP contribution in [0, 0.1) is 6.92 Å². The zero-order valence-corrected chi connectivity index (χ0v) is 11.7. The Labute approximate surface area is 113 Å². The van der Waals surface area contributed by atoms with E-state index >= 15 is 0 Å². The molecule has 1 aromatic carbocycles. The molecule has 0 fully saturated rings. The minimum Gasteiger partial charge on any atom is -0.305 e. The zero-order valence-electron chi connectivity index (χ0n) is 10.9. The van der Waals surface area contributed by atoms with E-state index in [9.17, 15) is 0 Å². The van der Waals surface area contributed by atoms with Gasteiger partial charge in [-0.25, -0.2) is 0 Å². The van der Waals surface area contributed by atoms with E-state index in [2.05, 4.69) is 23.4 Å². The fraction of sp³-hybridized carbons (Fsp3) is 0.357. The van der Waals surface area contributed by atoms with Crippen LogP contribution in [0.15, 0.2) is 30.5 Å². The molecule has 1 unspecified atom stereocenters. The van der Waals surface area contributed by atoms with Gasteiger partial charge < -0.3 is 5.32 Å². The normalized spacial score (nSPS) is 12.7. The number of nitrogens with one attached hydrogen (secondary N) is 1. The molecule has 0 aliphatic carbocycles. The van der Waals surface area contributed by atoms with Crippen LogP contribution in [0.4, 0.5) is 0 Å². The van der Waals surface area contributed by atoms with E-state index in [0.29, 0.717) is 0 Å². The molecule has 4 heteroatoms. The highest BCUT2D eigenvalue weighted by molar-refractivity contribution is 6.31. The van der Waals surface area contributed by atoms with Crippen molar-refractivity contribution in [3.8, 4) is 0 Å². The summed E-state index contributed by atoms with van der Waals surface area (Å²) in [6.45, 7) is 5.02. The molecule has 0 radical (unpaired) electrons. The largest absolute Gasteiger partial charge is 0.305 e. The molecule has 0 amide bonds. The maximum absolute atomic E-state index is 6.20. The Bertz CT molecular complexity index is 534. The summed E-state index contributed by atoms with van der Waals surface area (Å²) in [6.07, 6.45) is 1.96. The first-order valence-corrected chi connectivity index (χ1v) is 6.49. The van der Waals surface area contributed by atoms with Crippen LogP contribution in [0.25, 0.3) is 0 Å². The van der Waals surface area contributed by atoms with Crippen LogP contribution in [-0.2, 0) is 7.05 Å². The number of halogens is 1. The summed E-state index contributed by atoms with van der Waals surface area (Å²) >= 11 is 6.20. The molecule has 2 rings (SSSR count). The molecule has 1 heterocycles. The second-order valence-corrected chi connectivity index (χ2v) is 4.77. The van der Waals surface area contributed by atoms with Gasteiger partial charge in [-0.2, -0.15) is 5.10 Å². The highest BCUT2D eigenvalue weighted by atomic mass is 35.5. The molecule has 3 nitrogen and oxygen atoms in total. The van der Waals surface area contributed by atoms with Gasteiger partial charge in [0.2, 0.25) is 0 Å². The lowest BCUT2D eigenvalue weighted by molar-refractivity contribution is 0.597. The van der Waals surface area contributed by atoms with E-state index < -0.39 is 0 Å². The lowest BCUT2D eigenvalue weighted by Crippen LogP contribution is -2.23. The Balaban J connectivity index is 2.44. The molecule has 0 aliphatic rings. The van der Waals surface area contributed by atoms with Crippen molar-refractivity contribution in [1.29, 1.82) is 0 Å². The minimum absolute atomic E-state index is 0.0925. The van der Waals surface area contributed by atoms with Gasteiger partial charge in [-0.3, -0.25) is 4.68 Å². The van der Waals surface area contributed by atoms with Crippen molar-refractivity contribution in [2.24, 2.45) is 7.05 Å². The maximum Gasteiger partial charge on any atom is 0.0839 e. The lowest BCUT2D eigenvalue weighted by atomic mass is 9.99. The monoisotopic (exact) mass is 263 g/mol. The highest BCUT2D eigenvalue weighted by Gasteiger charge is 2.18. The number of aryl methyl sites for hydroxylation is 1. The average molecular weight is 264 g/mol. The van der Waals surface area contributed by atoms with Crippen molar-refractivity contribution in [2.45, 2.75) is 19.9 Å². The van der Waals surface area contributed by atoms with Gasteiger partial charge in [0, 0.05) is 18.3 Å². The van der Waals surface area contributed by atoms with Crippen molar-refractivity contribution in [3.05, 3.63) is 52.3 Å². The number of hydrogen-bond acceptors (Lipinski definition) is 2. The van der Waals surface area contributed by atoms with Gasteiger partial charge in [0.25, 0.3) is 0 Å². The molecule has 1 N–H and O–H groups in total. The Morgan fingerprint density at radius 3 is 2.78 bits per heavy atom. The lowest BCUT2D eigenvalue weighted by Gasteiger charge is -2.19. The van der Waals surface area contributed by atoms with Crippen molar-refractivity contribution in [1.82, 2.24) is 15.1 Å². The SMILES string of the molecule is CCNC(c1ccn(C)n1)c1cccc(Cl)c1C. The molecule has 1 atom stereocenters. The molecule has 1 aromatic heterocycles. The first-order valence-electron chi connectivity index (χ1n) is 6.11. The van der Waals surface area contributed by atoms with Crippen LogP contribution in [0.5, 0.6) is 0 Å². The number of benzene rings is 1. The van der Waals surface area contributed by atoms with Crippen molar-refractivity contribution < 1.29 is 0 Å². The van der Waals surface area contributed by atoms with Gasteiger partial charge in [0.15, 0.2) is 0 Å². The molecule has 18 heavy (non-hydrogen) atoms. The standard InChI is InChI=1S/C14H18ClN3/c1-4-16-14(13-8-9-18(3)17-13)11-6-5-7-12(15)10(11)2/h5-9,14,16H,4H2,1-3H3. The smallest absolute Gasteiger partial charge is 0.0839 e. The average Bonchev–Trinajstić information content (AvgIpc) is 2.77. The predicted molar refractivity (Wildman–Crippen MR) is 74.9 cm³/mol. The molecular formula is C14H18ClN3. The van der Waals surface area contributed by atoms with E-state index in [4.69, 9.17) is 11.6 Å². The van der Waals surface area contributed by atoms with Gasteiger partial charge in [0.1, 0.15) is 0 Å². The van der Waals surface area contributed by atoms with Crippen LogP contribution < -0.4 is 5.32 Å². The van der Waals surface area contributed by atoms with E-state index in [1.807, 2.05) is 43.0 Å². The number of nitrogens with zero attached hydrogens (tertiary/aromatic N) is 2. The van der Waals surface area contributed by atoms with E-state index in [0.717, 1.165) is 22.8 Å². The maximum atomic E-state index is 6.20. The van der Waals surface area contributed by atoms with Crippen LogP contribution in [0.2, 0.25) is 5.02 Å². The minimum atomic E-state index is 0.0925. The molecule has 96 valence electrons. The Kier molecular flexibility index (Phi) is 4.04. The zero-order chi connectivity index (χ0) is 13.1. The third kappa shape index (κ3) is 2.57. The summed E-state index contributed by atoms with van der Waals surface area (Å²) in [5.74, 6) is 0. The topological polar surface area (TPSA) is 29.9 Å². The van der Waals surface area contributed by atoms with Gasteiger partial charge in [-0.05, 0) is 36.7 Å². The van der Waals surface area contributed by atoms with Gasteiger partial charge in [-0.1, -0.05) is 30.7 Å². The van der Waals surface area contributed by atoms with Gasteiger partial charge in [0.05, 0.1) is 11.7 Å². The van der Waals surface area contributed by atoms with Crippen LogP contribution >= 0.6 is 11.6 Å². The summed E-state index contributed by atoms with van der Waals surface area (Å²) in [5, 5.41) is 8.75. The molecule has 0 saturated heterocycles. The molecule has 0 aliphatic heterocycles. The summed E-state index contributed by atoms with van der Waals surface area (Å²) in [6, 6.07) is 8.13. The second kappa shape index (κ2) is 5.55. The van der Waals surface area contributed by atoms with Crippen LogP contribution in [0.1, 0.15) is 29.8 Å². The van der Waals surface area contributed by atoms with Crippen molar-refractivity contribution >= 4 is 11.6 Å². The molecule has 0 saturated carbocycles. The summed E-state index contributed by atoms with van der Waals surface area (Å²) < 4.78 is 1.82. The van der Waals surface area contributed by atoms with Crippen LogP contribution in [-0.4, -0.2) is 16.3 Å². The number of rotatable bonds is 4. The summed E-state index contributed by atoms with van der Waals surface area (Å²) in [7, 11) is 1.93. The van der Waals surface area contributed by atoms with Crippen molar-refractivity contribution in [2.75, 3.05) is 6.54 Å². The molecule has 0 spiro atoms. The predicted octanol–water partition coefficient (Wildman–Crippen LogP) is 3.08. The molecule has 2 aromatic rings. The Morgan fingerprint density at radius 2 is 2.17 bits per heavy atom. The molecular weight excluding hydrogens is 246 g/mol. The highest BCUT2D eigenvalue weighted by Crippen LogP contribution is 2.27. The third-order valence-electron chi connectivity index (χ3n) is 3.06. The Hall–Kier alpha value is -1.32. The number of hydrogen-bond donors (Lipinski definition) is 1. The van der Waals surface area contributed by atoms with Crippen LogP contribution in [0.3, 0.4) is 0 Å². The fourth-order valence-corrected chi connectivity index (χ4v) is 2.28.